The summed E-state index contributed by atoms with van der Waals surface area (Å²) < 4.78 is 32.9. The second-order valence-electron chi connectivity index (χ2n) is 5.41. The number of methoxy groups -OCH3 is 1. The fourth-order valence-corrected chi connectivity index (χ4v) is 2.75. The minimum absolute atomic E-state index is 0.150. The first kappa shape index (κ1) is 14.4. The lowest BCUT2D eigenvalue weighted by Crippen LogP contribution is -2.42. The van der Waals surface area contributed by atoms with E-state index < -0.39 is 11.6 Å². The van der Waals surface area contributed by atoms with Crippen LogP contribution in [0.3, 0.4) is 0 Å². The van der Waals surface area contributed by atoms with Crippen molar-refractivity contribution in [3.05, 3.63) is 34.9 Å². The fraction of sp³-hybridized carbons (Fsp3) is 0.600. The Morgan fingerprint density at radius 1 is 1.32 bits per heavy atom. The molecule has 4 heteroatoms. The van der Waals surface area contributed by atoms with Crippen LogP contribution in [0.25, 0.3) is 0 Å². The Labute approximate surface area is 113 Å². The highest BCUT2D eigenvalue weighted by atomic mass is 19.1. The summed E-state index contributed by atoms with van der Waals surface area (Å²) in [4.78, 5) is 0. The predicted octanol–water partition coefficient (Wildman–Crippen LogP) is 3.49. The topological polar surface area (TPSA) is 21.3 Å². The highest BCUT2D eigenvalue weighted by molar-refractivity contribution is 5.28. The van der Waals surface area contributed by atoms with Gasteiger partial charge in [0, 0.05) is 24.8 Å². The van der Waals surface area contributed by atoms with E-state index in [2.05, 4.69) is 5.32 Å². The summed E-state index contributed by atoms with van der Waals surface area (Å²) in [5, 5.41) is 3.12. The number of aryl methyl sites for hydroxylation is 1. The third kappa shape index (κ3) is 2.79. The Morgan fingerprint density at radius 3 is 2.47 bits per heavy atom. The van der Waals surface area contributed by atoms with Gasteiger partial charge in [0.1, 0.15) is 11.6 Å². The van der Waals surface area contributed by atoms with Gasteiger partial charge in [0.25, 0.3) is 0 Å². The Bertz CT molecular complexity index is 452. The lowest BCUT2D eigenvalue weighted by atomic mass is 9.74. The normalized spacial score (nSPS) is 19.0. The molecule has 1 saturated carbocycles. The molecular formula is C15H21F2NO. The number of ether oxygens (including phenoxy) is 1. The molecule has 1 atom stereocenters. The molecule has 0 amide bonds. The van der Waals surface area contributed by atoms with Gasteiger partial charge < -0.3 is 10.1 Å². The van der Waals surface area contributed by atoms with Crippen LogP contribution in [0.2, 0.25) is 0 Å². The van der Waals surface area contributed by atoms with Crippen LogP contribution in [0.15, 0.2) is 12.1 Å². The van der Waals surface area contributed by atoms with E-state index in [0.29, 0.717) is 17.5 Å². The molecule has 0 spiro atoms. The van der Waals surface area contributed by atoms with Crippen molar-refractivity contribution < 1.29 is 13.5 Å². The zero-order valence-corrected chi connectivity index (χ0v) is 11.7. The molecule has 2 nitrogen and oxygen atoms in total. The molecule has 0 bridgehead atoms. The molecule has 0 radical (unpaired) electrons. The largest absolute Gasteiger partial charge is 0.378 e. The Kier molecular flexibility index (Phi) is 4.21. The molecule has 1 unspecified atom stereocenters. The van der Waals surface area contributed by atoms with Crippen molar-refractivity contribution in [3.8, 4) is 0 Å². The molecule has 0 heterocycles. The van der Waals surface area contributed by atoms with Crippen molar-refractivity contribution in [1.29, 1.82) is 0 Å². The fourth-order valence-electron chi connectivity index (χ4n) is 2.75. The van der Waals surface area contributed by atoms with E-state index >= 15 is 0 Å². The standard InChI is InChI=1S/C15H21F2NO/c1-10-7-11(13(17)8-12(10)16)14(18-2)9-15(19-3)5-4-6-15/h7-8,14,18H,4-6,9H2,1-3H3. The average Bonchev–Trinajstić information content (AvgIpc) is 2.34. The molecule has 1 aromatic carbocycles. The molecule has 1 fully saturated rings. The minimum Gasteiger partial charge on any atom is -0.378 e. The molecule has 1 aliphatic rings. The summed E-state index contributed by atoms with van der Waals surface area (Å²) in [7, 11) is 3.50. The maximum atomic E-state index is 13.9. The molecule has 2 rings (SSSR count). The van der Waals surface area contributed by atoms with E-state index in [1.54, 1.807) is 27.1 Å². The number of hydrogen-bond acceptors (Lipinski definition) is 2. The van der Waals surface area contributed by atoms with Crippen LogP contribution < -0.4 is 5.32 Å². The first-order valence-electron chi connectivity index (χ1n) is 6.69. The number of rotatable bonds is 5. The molecular weight excluding hydrogens is 248 g/mol. The zero-order valence-electron chi connectivity index (χ0n) is 11.7. The van der Waals surface area contributed by atoms with Gasteiger partial charge in [-0.1, -0.05) is 0 Å². The summed E-state index contributed by atoms with van der Waals surface area (Å²) in [6.45, 7) is 1.65. The van der Waals surface area contributed by atoms with Gasteiger partial charge in [0.15, 0.2) is 0 Å². The van der Waals surface area contributed by atoms with Gasteiger partial charge in [-0.3, -0.25) is 0 Å². The lowest BCUT2D eigenvalue weighted by Gasteiger charge is -2.43. The Hall–Kier alpha value is -1.00. The zero-order chi connectivity index (χ0) is 14.0. The first-order valence-corrected chi connectivity index (χ1v) is 6.69. The molecule has 1 aliphatic carbocycles. The quantitative estimate of drug-likeness (QED) is 0.883. The lowest BCUT2D eigenvalue weighted by molar-refractivity contribution is -0.0836. The molecule has 1 aromatic rings. The molecule has 0 saturated heterocycles. The summed E-state index contributed by atoms with van der Waals surface area (Å²) in [6.07, 6.45) is 3.87. The highest BCUT2D eigenvalue weighted by Gasteiger charge is 2.39. The maximum Gasteiger partial charge on any atom is 0.130 e. The van der Waals surface area contributed by atoms with E-state index in [-0.39, 0.29) is 11.6 Å². The van der Waals surface area contributed by atoms with Gasteiger partial charge in [0.05, 0.1) is 5.60 Å². The van der Waals surface area contributed by atoms with E-state index in [9.17, 15) is 8.78 Å². The van der Waals surface area contributed by atoms with Crippen LogP contribution in [-0.4, -0.2) is 19.8 Å². The Morgan fingerprint density at radius 2 is 2.00 bits per heavy atom. The minimum atomic E-state index is -0.499. The van der Waals surface area contributed by atoms with Gasteiger partial charge >= 0.3 is 0 Å². The predicted molar refractivity (Wildman–Crippen MR) is 71.1 cm³/mol. The summed E-state index contributed by atoms with van der Waals surface area (Å²) >= 11 is 0. The van der Waals surface area contributed by atoms with E-state index in [0.717, 1.165) is 25.3 Å². The second kappa shape index (κ2) is 5.55. The maximum absolute atomic E-state index is 13.9. The Balaban J connectivity index is 2.24. The van der Waals surface area contributed by atoms with Crippen molar-refractivity contribution in [2.45, 2.75) is 44.2 Å². The number of hydrogen-bond donors (Lipinski definition) is 1. The molecule has 19 heavy (non-hydrogen) atoms. The van der Waals surface area contributed by atoms with Gasteiger partial charge in [-0.05, 0) is 51.3 Å². The molecule has 0 aromatic heterocycles. The molecule has 106 valence electrons. The van der Waals surface area contributed by atoms with Gasteiger partial charge in [-0.15, -0.1) is 0 Å². The highest BCUT2D eigenvalue weighted by Crippen LogP contribution is 2.42. The van der Waals surface area contributed by atoms with Crippen LogP contribution in [0.1, 0.15) is 42.9 Å². The van der Waals surface area contributed by atoms with Crippen molar-refractivity contribution in [2.75, 3.05) is 14.2 Å². The SMILES string of the molecule is CNC(CC1(OC)CCC1)c1cc(C)c(F)cc1F. The number of benzene rings is 1. The first-order chi connectivity index (χ1) is 9.01. The van der Waals surface area contributed by atoms with E-state index in [1.807, 2.05) is 0 Å². The van der Waals surface area contributed by atoms with Crippen molar-refractivity contribution in [2.24, 2.45) is 0 Å². The van der Waals surface area contributed by atoms with Gasteiger partial charge in [-0.25, -0.2) is 8.78 Å². The van der Waals surface area contributed by atoms with Gasteiger partial charge in [0.2, 0.25) is 0 Å². The number of nitrogens with one attached hydrogen (secondary N) is 1. The third-order valence-corrected chi connectivity index (χ3v) is 4.28. The van der Waals surface area contributed by atoms with Crippen LogP contribution >= 0.6 is 0 Å². The van der Waals surface area contributed by atoms with Crippen LogP contribution in [-0.2, 0) is 4.74 Å². The average molecular weight is 269 g/mol. The van der Waals surface area contributed by atoms with Crippen molar-refractivity contribution in [1.82, 2.24) is 5.32 Å². The van der Waals surface area contributed by atoms with Crippen molar-refractivity contribution >= 4 is 0 Å². The third-order valence-electron chi connectivity index (χ3n) is 4.28. The van der Waals surface area contributed by atoms with Crippen LogP contribution in [0, 0.1) is 18.6 Å². The van der Waals surface area contributed by atoms with Gasteiger partial charge in [-0.2, -0.15) is 0 Å². The van der Waals surface area contributed by atoms with E-state index in [4.69, 9.17) is 4.74 Å². The second-order valence-corrected chi connectivity index (χ2v) is 5.41. The summed E-state index contributed by atoms with van der Waals surface area (Å²) in [5.74, 6) is -0.991. The molecule has 0 aliphatic heterocycles. The van der Waals surface area contributed by atoms with Crippen LogP contribution in [0.5, 0.6) is 0 Å². The smallest absolute Gasteiger partial charge is 0.130 e. The molecule has 1 N–H and O–H groups in total. The monoisotopic (exact) mass is 269 g/mol. The number of halogens is 2. The van der Waals surface area contributed by atoms with Crippen LogP contribution in [0.4, 0.5) is 8.78 Å². The van der Waals surface area contributed by atoms with Crippen molar-refractivity contribution in [3.63, 3.8) is 0 Å². The summed E-state index contributed by atoms with van der Waals surface area (Å²) in [6, 6.07) is 2.41. The summed E-state index contributed by atoms with van der Waals surface area (Å²) in [5.41, 5.74) is 0.837. The van der Waals surface area contributed by atoms with E-state index in [1.165, 1.54) is 0 Å².